The Morgan fingerprint density at radius 3 is 2.59 bits per heavy atom. The predicted molar refractivity (Wildman–Crippen MR) is 99.5 cm³/mol. The second-order valence-corrected chi connectivity index (χ2v) is 6.38. The van der Waals surface area contributed by atoms with Crippen molar-refractivity contribution >= 4 is 24.3 Å². The maximum Gasteiger partial charge on any atom is 0.416 e. The molecule has 0 fully saturated rings. The van der Waals surface area contributed by atoms with Crippen LogP contribution < -0.4 is 10.6 Å². The van der Waals surface area contributed by atoms with Crippen LogP contribution in [0.3, 0.4) is 0 Å². The summed E-state index contributed by atoms with van der Waals surface area (Å²) in [6.45, 7) is 1.25. The molecule has 29 heavy (non-hydrogen) atoms. The lowest BCUT2D eigenvalue weighted by Gasteiger charge is -2.19. The molecule has 1 aliphatic heterocycles. The molecule has 0 saturated heterocycles. The molecule has 3 N–H and O–H groups in total. The Balaban J connectivity index is 0.00000300. The van der Waals surface area contributed by atoms with E-state index in [9.17, 15) is 22.8 Å². The van der Waals surface area contributed by atoms with E-state index in [0.29, 0.717) is 18.5 Å². The molecule has 2 heterocycles. The average Bonchev–Trinajstić information content (AvgIpc) is 3.11. The minimum absolute atomic E-state index is 0. The van der Waals surface area contributed by atoms with Gasteiger partial charge in [0, 0.05) is 30.8 Å². The highest BCUT2D eigenvalue weighted by Gasteiger charge is 2.31. The molecule has 158 valence electrons. The smallest absolute Gasteiger partial charge is 0.416 e. The van der Waals surface area contributed by atoms with Gasteiger partial charge in [0.1, 0.15) is 0 Å². The van der Waals surface area contributed by atoms with Gasteiger partial charge in [0.15, 0.2) is 5.69 Å². The lowest BCUT2D eigenvalue weighted by Crippen LogP contribution is -2.32. The summed E-state index contributed by atoms with van der Waals surface area (Å²) in [4.78, 5) is 24.4. The Hall–Kier alpha value is -2.59. The Labute approximate surface area is 170 Å². The fraction of sp³-hybridized carbons (Fsp3) is 0.389. The Bertz CT molecular complexity index is 868. The third kappa shape index (κ3) is 5.27. The Morgan fingerprint density at radius 1 is 1.28 bits per heavy atom. The number of halogens is 4. The van der Waals surface area contributed by atoms with Crippen LogP contribution in [-0.2, 0) is 28.7 Å². The molecule has 3 rings (SSSR count). The van der Waals surface area contributed by atoms with E-state index in [1.807, 2.05) is 0 Å². The minimum atomic E-state index is -4.47. The third-order valence-electron chi connectivity index (χ3n) is 4.57. The monoisotopic (exact) mass is 432 g/mol. The molecule has 7 nitrogen and oxygen atoms in total. The second kappa shape index (κ2) is 9.27. The number of nitrogens with one attached hydrogen (secondary N) is 3. The third-order valence-corrected chi connectivity index (χ3v) is 4.57. The first-order valence-electron chi connectivity index (χ1n) is 8.61. The largest absolute Gasteiger partial charge is 0.469 e. The van der Waals surface area contributed by atoms with E-state index in [-0.39, 0.29) is 24.5 Å². The van der Waals surface area contributed by atoms with Crippen molar-refractivity contribution in [3.63, 3.8) is 0 Å². The topological polar surface area (TPSA) is 96.1 Å². The maximum atomic E-state index is 12.8. The molecule has 2 aromatic rings. The molecule has 1 unspecified atom stereocenters. The number of aromatic amines is 1. The summed E-state index contributed by atoms with van der Waals surface area (Å²) in [5.74, 6) is -1.12. The van der Waals surface area contributed by atoms with Gasteiger partial charge in [0.2, 0.25) is 0 Å². The first-order valence-corrected chi connectivity index (χ1v) is 8.61. The van der Waals surface area contributed by atoms with Gasteiger partial charge in [-0.25, -0.2) is 0 Å². The maximum absolute atomic E-state index is 12.8. The molecule has 1 atom stereocenters. The van der Waals surface area contributed by atoms with Crippen molar-refractivity contribution < 1.29 is 27.5 Å². The highest BCUT2D eigenvalue weighted by atomic mass is 35.5. The minimum Gasteiger partial charge on any atom is -0.469 e. The van der Waals surface area contributed by atoms with Gasteiger partial charge in [-0.2, -0.15) is 18.3 Å². The first kappa shape index (κ1) is 22.7. The van der Waals surface area contributed by atoms with Crippen LogP contribution in [0.1, 0.15) is 45.3 Å². The molecule has 1 aliphatic rings. The van der Waals surface area contributed by atoms with Gasteiger partial charge in [-0.05, 0) is 17.7 Å². The van der Waals surface area contributed by atoms with Gasteiger partial charge in [-0.3, -0.25) is 14.7 Å². The van der Waals surface area contributed by atoms with E-state index in [2.05, 4.69) is 25.6 Å². The SMILES string of the molecule is COC(=O)CC(NC(=O)c1n[nH]c2c1CNCC2)c1ccc(C(F)(F)F)cc1.Cl. The number of benzene rings is 1. The molecule has 1 amide bonds. The average molecular weight is 433 g/mol. The number of ether oxygens (including phenoxy) is 1. The first-order chi connectivity index (χ1) is 13.3. The molecular formula is C18H20ClF3N4O3. The number of alkyl halides is 3. The number of aromatic nitrogens is 2. The van der Waals surface area contributed by atoms with E-state index in [1.54, 1.807) is 0 Å². The predicted octanol–water partition coefficient (Wildman–Crippen LogP) is 2.53. The number of H-pyrrole nitrogens is 1. The lowest BCUT2D eigenvalue weighted by atomic mass is 10.0. The van der Waals surface area contributed by atoms with Crippen molar-refractivity contribution in [1.29, 1.82) is 0 Å². The van der Waals surface area contributed by atoms with Crippen LogP contribution in [0.25, 0.3) is 0 Å². The van der Waals surface area contributed by atoms with Crippen LogP contribution >= 0.6 is 12.4 Å². The van der Waals surface area contributed by atoms with Crippen LogP contribution in [0.5, 0.6) is 0 Å². The number of esters is 1. The van der Waals surface area contributed by atoms with Crippen LogP contribution in [0.2, 0.25) is 0 Å². The molecule has 0 saturated carbocycles. The Kier molecular flexibility index (Phi) is 7.26. The van der Waals surface area contributed by atoms with Crippen molar-refractivity contribution in [2.75, 3.05) is 13.7 Å². The molecule has 0 spiro atoms. The van der Waals surface area contributed by atoms with E-state index < -0.39 is 29.7 Å². The van der Waals surface area contributed by atoms with Crippen molar-refractivity contribution in [2.45, 2.75) is 31.6 Å². The number of carbonyl (C=O) groups is 2. The fourth-order valence-corrected chi connectivity index (χ4v) is 3.05. The quantitative estimate of drug-likeness (QED) is 0.631. The zero-order valence-corrected chi connectivity index (χ0v) is 16.2. The van der Waals surface area contributed by atoms with E-state index in [1.165, 1.54) is 19.2 Å². The van der Waals surface area contributed by atoms with Crippen molar-refractivity contribution in [3.8, 4) is 0 Å². The van der Waals surface area contributed by atoms with E-state index >= 15 is 0 Å². The van der Waals surface area contributed by atoms with E-state index in [0.717, 1.165) is 29.9 Å². The molecule has 0 radical (unpaired) electrons. The number of hydrogen-bond acceptors (Lipinski definition) is 5. The van der Waals surface area contributed by atoms with Crippen LogP contribution in [0.4, 0.5) is 13.2 Å². The van der Waals surface area contributed by atoms with Gasteiger partial charge in [0.25, 0.3) is 5.91 Å². The lowest BCUT2D eigenvalue weighted by molar-refractivity contribution is -0.141. The summed E-state index contributed by atoms with van der Waals surface area (Å²) in [7, 11) is 1.20. The summed E-state index contributed by atoms with van der Waals surface area (Å²) in [5, 5.41) is 12.7. The zero-order chi connectivity index (χ0) is 20.3. The zero-order valence-electron chi connectivity index (χ0n) is 15.4. The van der Waals surface area contributed by atoms with Gasteiger partial charge in [0.05, 0.1) is 25.1 Å². The Morgan fingerprint density at radius 2 is 1.97 bits per heavy atom. The second-order valence-electron chi connectivity index (χ2n) is 6.38. The summed E-state index contributed by atoms with van der Waals surface area (Å²) < 4.78 is 43.0. The molecule has 0 bridgehead atoms. The van der Waals surface area contributed by atoms with Crippen molar-refractivity contribution in [2.24, 2.45) is 0 Å². The number of nitrogens with zero attached hydrogens (tertiary/aromatic N) is 1. The van der Waals surface area contributed by atoms with Gasteiger partial charge in [-0.15, -0.1) is 12.4 Å². The molecule has 0 aliphatic carbocycles. The number of carbonyl (C=O) groups excluding carboxylic acids is 2. The summed E-state index contributed by atoms with van der Waals surface area (Å²) in [6, 6.07) is 3.43. The number of amides is 1. The van der Waals surface area contributed by atoms with E-state index in [4.69, 9.17) is 0 Å². The van der Waals surface area contributed by atoms with Crippen molar-refractivity contribution in [3.05, 3.63) is 52.3 Å². The number of rotatable bonds is 5. The van der Waals surface area contributed by atoms with Crippen LogP contribution in [0, 0.1) is 0 Å². The normalized spacial score (nSPS) is 14.3. The standard InChI is InChI=1S/C18H19F3N4O3.ClH/c1-28-15(26)8-14(10-2-4-11(5-3-10)18(19,20)21)23-17(27)16-12-9-22-7-6-13(12)24-25-16;/h2-5,14,22H,6-9H2,1H3,(H,23,27)(H,24,25);1H. The summed E-state index contributed by atoms with van der Waals surface area (Å²) >= 11 is 0. The van der Waals surface area contributed by atoms with Crippen LogP contribution in [-0.4, -0.2) is 35.7 Å². The highest BCUT2D eigenvalue weighted by molar-refractivity contribution is 5.94. The number of fused-ring (bicyclic) bond motifs is 1. The summed E-state index contributed by atoms with van der Waals surface area (Å²) in [5.41, 5.74) is 1.35. The van der Waals surface area contributed by atoms with Gasteiger partial charge >= 0.3 is 12.1 Å². The van der Waals surface area contributed by atoms with Gasteiger partial charge in [-0.1, -0.05) is 12.1 Å². The molecule has 11 heteroatoms. The molecule has 1 aromatic carbocycles. The highest BCUT2D eigenvalue weighted by Crippen LogP contribution is 2.30. The fourth-order valence-electron chi connectivity index (χ4n) is 3.05. The number of hydrogen-bond donors (Lipinski definition) is 3. The summed E-state index contributed by atoms with van der Waals surface area (Å²) in [6.07, 6.45) is -3.99. The molecular weight excluding hydrogens is 413 g/mol. The van der Waals surface area contributed by atoms with Gasteiger partial charge < -0.3 is 15.4 Å². The number of methoxy groups -OCH3 is 1. The molecule has 1 aromatic heterocycles. The van der Waals surface area contributed by atoms with Crippen LogP contribution in [0.15, 0.2) is 24.3 Å². The van der Waals surface area contributed by atoms with Crippen molar-refractivity contribution in [1.82, 2.24) is 20.8 Å².